The van der Waals surface area contributed by atoms with Crippen LogP contribution in [0.5, 0.6) is 0 Å². The van der Waals surface area contributed by atoms with Crippen molar-refractivity contribution < 1.29 is 18.7 Å². The van der Waals surface area contributed by atoms with Crippen LogP contribution in [-0.4, -0.2) is 18.0 Å². The van der Waals surface area contributed by atoms with Gasteiger partial charge in [-0.25, -0.2) is 4.79 Å². The van der Waals surface area contributed by atoms with Gasteiger partial charge >= 0.3 is 5.97 Å². The van der Waals surface area contributed by atoms with Crippen LogP contribution >= 0.6 is 15.9 Å². The Balaban J connectivity index is 1.78. The average molecular weight is 378 g/mol. The third kappa shape index (κ3) is 5.75. The highest BCUT2D eigenvalue weighted by Gasteiger charge is 2.16. The zero-order valence-corrected chi connectivity index (χ0v) is 14.1. The molecule has 1 aromatic carbocycles. The summed E-state index contributed by atoms with van der Waals surface area (Å²) in [6.45, 7) is 1.91. The number of furan rings is 1. The minimum Gasteiger partial charge on any atom is -0.450 e. The van der Waals surface area contributed by atoms with Crippen molar-refractivity contribution in [1.29, 1.82) is 0 Å². The van der Waals surface area contributed by atoms with E-state index in [0.717, 1.165) is 5.56 Å². The SMILES string of the molecule is C[C@@H](OC(=O)/C=C/c1ccc(Br)o1)C(=O)NCc1ccccc1. The van der Waals surface area contributed by atoms with Crippen LogP contribution in [0.1, 0.15) is 18.2 Å². The van der Waals surface area contributed by atoms with Gasteiger partial charge in [0.1, 0.15) is 5.76 Å². The lowest BCUT2D eigenvalue weighted by atomic mass is 10.2. The monoisotopic (exact) mass is 377 g/mol. The van der Waals surface area contributed by atoms with Crippen molar-refractivity contribution in [3.63, 3.8) is 0 Å². The first-order valence-electron chi connectivity index (χ1n) is 7.00. The number of carbonyl (C=O) groups is 2. The van der Waals surface area contributed by atoms with Crippen LogP contribution in [0.15, 0.2) is 57.6 Å². The zero-order chi connectivity index (χ0) is 16.7. The summed E-state index contributed by atoms with van der Waals surface area (Å²) < 4.78 is 10.8. The molecule has 5 nitrogen and oxygen atoms in total. The van der Waals surface area contributed by atoms with Crippen molar-refractivity contribution in [2.45, 2.75) is 19.6 Å². The molecule has 0 aliphatic carbocycles. The molecule has 1 heterocycles. The second kappa shape index (κ2) is 8.33. The van der Waals surface area contributed by atoms with Gasteiger partial charge in [-0.3, -0.25) is 4.79 Å². The average Bonchev–Trinajstić information content (AvgIpc) is 2.97. The van der Waals surface area contributed by atoms with Gasteiger partial charge in [-0.05, 0) is 46.6 Å². The van der Waals surface area contributed by atoms with E-state index in [2.05, 4.69) is 21.2 Å². The number of ether oxygens (including phenoxy) is 1. The molecule has 1 atom stereocenters. The molecule has 120 valence electrons. The van der Waals surface area contributed by atoms with Gasteiger partial charge in [-0.1, -0.05) is 30.3 Å². The molecule has 0 bridgehead atoms. The van der Waals surface area contributed by atoms with Crippen LogP contribution in [0.2, 0.25) is 0 Å². The number of benzene rings is 1. The molecule has 0 aliphatic heterocycles. The van der Waals surface area contributed by atoms with Gasteiger partial charge < -0.3 is 14.5 Å². The summed E-state index contributed by atoms with van der Waals surface area (Å²) in [5, 5.41) is 2.72. The van der Waals surface area contributed by atoms with E-state index in [4.69, 9.17) is 9.15 Å². The number of esters is 1. The van der Waals surface area contributed by atoms with E-state index < -0.39 is 12.1 Å². The fraction of sp³-hybridized carbons (Fsp3) is 0.176. The smallest absolute Gasteiger partial charge is 0.331 e. The van der Waals surface area contributed by atoms with Crippen LogP contribution in [0, 0.1) is 0 Å². The normalized spacial score (nSPS) is 12.1. The number of carbonyl (C=O) groups excluding carboxylic acids is 2. The molecule has 1 aromatic heterocycles. The summed E-state index contributed by atoms with van der Waals surface area (Å²) in [4.78, 5) is 23.6. The lowest BCUT2D eigenvalue weighted by Crippen LogP contribution is -2.35. The Bertz CT molecular complexity index is 694. The van der Waals surface area contributed by atoms with Gasteiger partial charge in [0.2, 0.25) is 0 Å². The van der Waals surface area contributed by atoms with Gasteiger partial charge in [0.25, 0.3) is 5.91 Å². The maximum absolute atomic E-state index is 11.9. The molecule has 2 aromatic rings. The fourth-order valence-corrected chi connectivity index (χ4v) is 2.08. The molecule has 0 fully saturated rings. The molecule has 0 saturated heterocycles. The molecule has 0 aliphatic rings. The van der Waals surface area contributed by atoms with E-state index >= 15 is 0 Å². The Morgan fingerprint density at radius 1 is 1.26 bits per heavy atom. The number of hydrogen-bond donors (Lipinski definition) is 1. The van der Waals surface area contributed by atoms with Crippen molar-refractivity contribution in [3.8, 4) is 0 Å². The molecule has 0 spiro atoms. The van der Waals surface area contributed by atoms with E-state index in [9.17, 15) is 9.59 Å². The molecule has 0 radical (unpaired) electrons. The van der Waals surface area contributed by atoms with E-state index in [1.807, 2.05) is 30.3 Å². The van der Waals surface area contributed by atoms with E-state index in [0.29, 0.717) is 17.0 Å². The summed E-state index contributed by atoms with van der Waals surface area (Å²) in [6, 6.07) is 12.9. The van der Waals surface area contributed by atoms with E-state index in [1.165, 1.54) is 19.1 Å². The Morgan fingerprint density at radius 3 is 2.65 bits per heavy atom. The summed E-state index contributed by atoms with van der Waals surface area (Å²) in [5.41, 5.74) is 0.975. The number of halogens is 1. The Morgan fingerprint density at radius 2 is 2.00 bits per heavy atom. The molecule has 23 heavy (non-hydrogen) atoms. The Kier molecular flexibility index (Phi) is 6.17. The van der Waals surface area contributed by atoms with Crippen LogP contribution in [-0.2, 0) is 20.9 Å². The number of nitrogens with one attached hydrogen (secondary N) is 1. The van der Waals surface area contributed by atoms with Crippen LogP contribution in [0.4, 0.5) is 0 Å². The third-order valence-electron chi connectivity index (χ3n) is 2.95. The highest BCUT2D eigenvalue weighted by molar-refractivity contribution is 9.10. The second-order valence-electron chi connectivity index (χ2n) is 4.76. The predicted octanol–water partition coefficient (Wildman–Crippen LogP) is 3.30. The number of rotatable bonds is 6. The number of amides is 1. The highest BCUT2D eigenvalue weighted by atomic mass is 79.9. The summed E-state index contributed by atoms with van der Waals surface area (Å²) in [7, 11) is 0. The molecular weight excluding hydrogens is 362 g/mol. The fourth-order valence-electron chi connectivity index (χ4n) is 1.76. The minimum absolute atomic E-state index is 0.351. The molecule has 1 N–H and O–H groups in total. The van der Waals surface area contributed by atoms with Crippen molar-refractivity contribution in [3.05, 3.63) is 64.5 Å². The Labute approximate surface area is 142 Å². The largest absolute Gasteiger partial charge is 0.450 e. The topological polar surface area (TPSA) is 68.5 Å². The molecule has 2 rings (SSSR count). The minimum atomic E-state index is -0.876. The van der Waals surface area contributed by atoms with Gasteiger partial charge in [0.05, 0.1) is 0 Å². The Hall–Kier alpha value is -2.34. The summed E-state index contributed by atoms with van der Waals surface area (Å²) in [5.74, 6) is -0.453. The molecule has 1 amide bonds. The van der Waals surface area contributed by atoms with Gasteiger partial charge in [-0.15, -0.1) is 0 Å². The maximum atomic E-state index is 11.9. The van der Waals surface area contributed by atoms with E-state index in [1.54, 1.807) is 12.1 Å². The lowest BCUT2D eigenvalue weighted by Gasteiger charge is -2.12. The van der Waals surface area contributed by atoms with Gasteiger partial charge in [0, 0.05) is 12.6 Å². The molecule has 0 saturated carbocycles. The maximum Gasteiger partial charge on any atom is 0.331 e. The van der Waals surface area contributed by atoms with Crippen LogP contribution < -0.4 is 5.32 Å². The summed E-state index contributed by atoms with van der Waals surface area (Å²) in [6.07, 6.45) is 1.81. The first kappa shape index (κ1) is 17.0. The van der Waals surface area contributed by atoms with Crippen molar-refractivity contribution >= 4 is 33.9 Å². The molecular formula is C17H16BrNO4. The standard InChI is InChI=1S/C17H16BrNO4/c1-12(17(21)19-11-13-5-3-2-4-6-13)22-16(20)10-8-14-7-9-15(18)23-14/h2-10,12H,11H2,1H3,(H,19,21)/b10-8+/t12-/m1/s1. The zero-order valence-electron chi connectivity index (χ0n) is 12.5. The highest BCUT2D eigenvalue weighted by Crippen LogP contribution is 2.15. The van der Waals surface area contributed by atoms with Crippen LogP contribution in [0.3, 0.4) is 0 Å². The first-order chi connectivity index (χ1) is 11.0. The first-order valence-corrected chi connectivity index (χ1v) is 7.79. The second-order valence-corrected chi connectivity index (χ2v) is 5.54. The van der Waals surface area contributed by atoms with Crippen molar-refractivity contribution in [2.24, 2.45) is 0 Å². The molecule has 6 heteroatoms. The van der Waals surface area contributed by atoms with Gasteiger partial charge in [0.15, 0.2) is 10.8 Å². The van der Waals surface area contributed by atoms with Crippen molar-refractivity contribution in [1.82, 2.24) is 5.32 Å². The van der Waals surface area contributed by atoms with Crippen molar-refractivity contribution in [2.75, 3.05) is 0 Å². The lowest BCUT2D eigenvalue weighted by molar-refractivity contribution is -0.150. The molecule has 0 unspecified atom stereocenters. The van der Waals surface area contributed by atoms with Gasteiger partial charge in [-0.2, -0.15) is 0 Å². The quantitative estimate of drug-likeness (QED) is 0.619. The van der Waals surface area contributed by atoms with Crippen LogP contribution in [0.25, 0.3) is 6.08 Å². The number of hydrogen-bond acceptors (Lipinski definition) is 4. The summed E-state index contributed by atoms with van der Waals surface area (Å²) >= 11 is 3.17. The predicted molar refractivity (Wildman–Crippen MR) is 89.3 cm³/mol. The van der Waals surface area contributed by atoms with E-state index in [-0.39, 0.29) is 5.91 Å². The third-order valence-corrected chi connectivity index (χ3v) is 3.38.